The van der Waals surface area contributed by atoms with Gasteiger partial charge in [-0.1, -0.05) is 41.9 Å². The van der Waals surface area contributed by atoms with E-state index in [0.717, 1.165) is 28.7 Å². The Labute approximate surface area is 140 Å². The summed E-state index contributed by atoms with van der Waals surface area (Å²) in [5.41, 5.74) is 2.93. The maximum absolute atomic E-state index is 12.1. The molecule has 0 saturated heterocycles. The van der Waals surface area contributed by atoms with Crippen LogP contribution in [0.15, 0.2) is 48.5 Å². The summed E-state index contributed by atoms with van der Waals surface area (Å²) in [6, 6.07) is 15.4. The molecule has 0 unspecified atom stereocenters. The van der Waals surface area contributed by atoms with Gasteiger partial charge in [0.15, 0.2) is 0 Å². The highest BCUT2D eigenvalue weighted by atomic mass is 35.5. The highest BCUT2D eigenvalue weighted by Crippen LogP contribution is 2.18. The molecule has 1 heterocycles. The summed E-state index contributed by atoms with van der Waals surface area (Å²) in [5, 5.41) is 9.28. The van der Waals surface area contributed by atoms with Crippen molar-refractivity contribution in [2.24, 2.45) is 0 Å². The fourth-order valence-electron chi connectivity index (χ4n) is 2.60. The number of nitrogens with one attached hydrogen (secondary N) is 1. The summed E-state index contributed by atoms with van der Waals surface area (Å²) in [7, 11) is 0. The van der Waals surface area contributed by atoms with E-state index in [1.54, 1.807) is 12.1 Å². The van der Waals surface area contributed by atoms with Gasteiger partial charge in [0, 0.05) is 17.0 Å². The van der Waals surface area contributed by atoms with E-state index >= 15 is 0 Å². The second-order valence-corrected chi connectivity index (χ2v) is 5.80. The summed E-state index contributed by atoms with van der Waals surface area (Å²) < 4.78 is 1.95. The molecule has 3 aromatic rings. The number of benzene rings is 2. The fourth-order valence-corrected chi connectivity index (χ4v) is 2.73. The van der Waals surface area contributed by atoms with Crippen molar-refractivity contribution < 1.29 is 4.79 Å². The predicted molar refractivity (Wildman–Crippen MR) is 92.4 cm³/mol. The summed E-state index contributed by atoms with van der Waals surface area (Å²) in [5.74, 6) is -0.0255. The maximum atomic E-state index is 12.1. The molecule has 0 fully saturated rings. The van der Waals surface area contributed by atoms with Crippen molar-refractivity contribution in [1.82, 2.24) is 15.1 Å². The molecular formula is C18H18ClN3O. The minimum atomic E-state index is -0.0255. The zero-order valence-electron chi connectivity index (χ0n) is 12.9. The largest absolute Gasteiger partial charge is 0.350 e. The highest BCUT2D eigenvalue weighted by Gasteiger charge is 2.10. The van der Waals surface area contributed by atoms with E-state index < -0.39 is 0 Å². The van der Waals surface area contributed by atoms with Crippen molar-refractivity contribution in [1.29, 1.82) is 0 Å². The molecule has 0 spiro atoms. The predicted octanol–water partition coefficient (Wildman–Crippen LogP) is 3.57. The topological polar surface area (TPSA) is 46.9 Å². The molecule has 0 aliphatic heterocycles. The molecule has 5 heteroatoms. The quantitative estimate of drug-likeness (QED) is 0.778. The number of para-hydroxylation sites is 1. The number of hydrogen-bond donors (Lipinski definition) is 1. The van der Waals surface area contributed by atoms with Gasteiger partial charge in [0.25, 0.3) is 0 Å². The molecule has 0 aliphatic carbocycles. The monoisotopic (exact) mass is 327 g/mol. The van der Waals surface area contributed by atoms with Gasteiger partial charge in [-0.2, -0.15) is 5.10 Å². The number of fused-ring (bicyclic) bond motifs is 1. The van der Waals surface area contributed by atoms with Gasteiger partial charge >= 0.3 is 0 Å². The van der Waals surface area contributed by atoms with Crippen LogP contribution in [0, 0.1) is 0 Å². The number of rotatable bonds is 5. The highest BCUT2D eigenvalue weighted by molar-refractivity contribution is 6.30. The number of aryl methyl sites for hydroxylation is 1. The number of halogens is 1. The molecule has 1 N–H and O–H groups in total. The smallest absolute Gasteiger partial charge is 0.224 e. The van der Waals surface area contributed by atoms with Gasteiger partial charge in [0.2, 0.25) is 5.91 Å². The van der Waals surface area contributed by atoms with Crippen LogP contribution >= 0.6 is 11.6 Å². The summed E-state index contributed by atoms with van der Waals surface area (Å²) in [6.45, 7) is 3.29. The number of carbonyl (C=O) groups excluding carboxylic acids is 1. The molecule has 4 nitrogen and oxygen atoms in total. The van der Waals surface area contributed by atoms with E-state index in [0.29, 0.717) is 18.0 Å². The molecule has 2 aromatic carbocycles. The molecule has 0 saturated carbocycles. The third kappa shape index (κ3) is 3.54. The maximum Gasteiger partial charge on any atom is 0.224 e. The molecule has 23 heavy (non-hydrogen) atoms. The Balaban J connectivity index is 1.68. The van der Waals surface area contributed by atoms with Crippen LogP contribution in [-0.2, 0) is 24.3 Å². The number of carbonyl (C=O) groups is 1. The van der Waals surface area contributed by atoms with Gasteiger partial charge in [-0.05, 0) is 30.7 Å². The second-order valence-electron chi connectivity index (χ2n) is 5.36. The van der Waals surface area contributed by atoms with Gasteiger partial charge in [0.1, 0.15) is 0 Å². The van der Waals surface area contributed by atoms with Crippen molar-refractivity contribution in [3.05, 3.63) is 64.8 Å². The third-order valence-electron chi connectivity index (χ3n) is 3.76. The van der Waals surface area contributed by atoms with Gasteiger partial charge < -0.3 is 5.32 Å². The number of amides is 1. The van der Waals surface area contributed by atoms with Crippen molar-refractivity contribution in [3.63, 3.8) is 0 Å². The number of aromatic nitrogens is 2. The van der Waals surface area contributed by atoms with Crippen LogP contribution in [0.4, 0.5) is 0 Å². The Bertz CT molecular complexity index is 824. The summed E-state index contributed by atoms with van der Waals surface area (Å²) in [6.07, 6.45) is 0.337. The fraction of sp³-hybridized carbons (Fsp3) is 0.222. The molecule has 0 atom stereocenters. The normalized spacial score (nSPS) is 10.9. The van der Waals surface area contributed by atoms with Crippen LogP contribution in [0.1, 0.15) is 18.2 Å². The zero-order valence-corrected chi connectivity index (χ0v) is 13.7. The van der Waals surface area contributed by atoms with Crippen molar-refractivity contribution in [3.8, 4) is 0 Å². The molecule has 118 valence electrons. The molecule has 3 rings (SSSR count). The van der Waals surface area contributed by atoms with Crippen LogP contribution in [0.3, 0.4) is 0 Å². The van der Waals surface area contributed by atoms with Crippen LogP contribution in [0.25, 0.3) is 10.9 Å². The lowest BCUT2D eigenvalue weighted by Gasteiger charge is -2.04. The SMILES string of the molecule is CCn1nc(CNC(=O)Cc2ccc(Cl)cc2)c2ccccc21. The molecular weight excluding hydrogens is 310 g/mol. The van der Waals surface area contributed by atoms with Crippen molar-refractivity contribution in [2.75, 3.05) is 0 Å². The van der Waals surface area contributed by atoms with E-state index in [-0.39, 0.29) is 5.91 Å². The Morgan fingerprint density at radius 3 is 2.65 bits per heavy atom. The first-order valence-corrected chi connectivity index (χ1v) is 8.00. The first kappa shape index (κ1) is 15.6. The first-order chi connectivity index (χ1) is 11.2. The van der Waals surface area contributed by atoms with Gasteiger partial charge in [-0.25, -0.2) is 0 Å². The van der Waals surface area contributed by atoms with Crippen molar-refractivity contribution in [2.45, 2.75) is 26.4 Å². The van der Waals surface area contributed by atoms with Crippen molar-refractivity contribution >= 4 is 28.4 Å². The van der Waals surface area contributed by atoms with Crippen LogP contribution in [0.5, 0.6) is 0 Å². The summed E-state index contributed by atoms with van der Waals surface area (Å²) >= 11 is 5.85. The number of hydrogen-bond acceptors (Lipinski definition) is 2. The Hall–Kier alpha value is -2.33. The average Bonchev–Trinajstić information content (AvgIpc) is 2.93. The van der Waals surface area contributed by atoms with Gasteiger partial charge in [-0.15, -0.1) is 0 Å². The Morgan fingerprint density at radius 1 is 1.17 bits per heavy atom. The number of nitrogens with zero attached hydrogens (tertiary/aromatic N) is 2. The standard InChI is InChI=1S/C18H18ClN3O/c1-2-22-17-6-4-3-5-15(17)16(21-22)12-20-18(23)11-13-7-9-14(19)10-8-13/h3-10H,2,11-12H2,1H3,(H,20,23). The summed E-state index contributed by atoms with van der Waals surface area (Å²) in [4.78, 5) is 12.1. The third-order valence-corrected chi connectivity index (χ3v) is 4.02. The lowest BCUT2D eigenvalue weighted by molar-refractivity contribution is -0.120. The van der Waals surface area contributed by atoms with Crippen LogP contribution < -0.4 is 5.32 Å². The molecule has 0 bridgehead atoms. The minimum Gasteiger partial charge on any atom is -0.350 e. The van der Waals surface area contributed by atoms with Gasteiger partial charge in [-0.3, -0.25) is 9.48 Å². The van der Waals surface area contributed by atoms with E-state index in [9.17, 15) is 4.79 Å². The van der Waals surface area contributed by atoms with E-state index in [1.807, 2.05) is 41.1 Å². The molecule has 1 aromatic heterocycles. The first-order valence-electron chi connectivity index (χ1n) is 7.63. The van der Waals surface area contributed by atoms with Gasteiger partial charge in [0.05, 0.1) is 24.2 Å². The van der Waals surface area contributed by atoms with Crippen LogP contribution in [0.2, 0.25) is 5.02 Å². The average molecular weight is 328 g/mol. The Morgan fingerprint density at radius 2 is 1.91 bits per heavy atom. The van der Waals surface area contributed by atoms with E-state index in [4.69, 9.17) is 11.6 Å². The minimum absolute atomic E-state index is 0.0255. The lowest BCUT2D eigenvalue weighted by atomic mass is 10.1. The second kappa shape index (κ2) is 6.84. The molecule has 1 amide bonds. The molecule has 0 aliphatic rings. The lowest BCUT2D eigenvalue weighted by Crippen LogP contribution is -2.24. The Kier molecular flexibility index (Phi) is 4.63. The van der Waals surface area contributed by atoms with E-state index in [2.05, 4.69) is 17.3 Å². The van der Waals surface area contributed by atoms with E-state index in [1.165, 1.54) is 0 Å². The van der Waals surface area contributed by atoms with Crippen LogP contribution in [-0.4, -0.2) is 15.7 Å². The molecule has 0 radical (unpaired) electrons. The zero-order chi connectivity index (χ0) is 16.2.